The van der Waals surface area contributed by atoms with Gasteiger partial charge < -0.3 is 9.67 Å². The minimum absolute atomic E-state index is 0.0580. The molecule has 0 amide bonds. The Labute approximate surface area is 116 Å². The summed E-state index contributed by atoms with van der Waals surface area (Å²) >= 11 is 0. The van der Waals surface area contributed by atoms with Gasteiger partial charge in [0.25, 0.3) is 0 Å². The second-order valence-corrected chi connectivity index (χ2v) is 4.80. The quantitative estimate of drug-likeness (QED) is 0.883. The molecule has 3 nitrogen and oxygen atoms in total. The van der Waals surface area contributed by atoms with Gasteiger partial charge in [-0.05, 0) is 18.6 Å². The lowest BCUT2D eigenvalue weighted by Gasteiger charge is -2.13. The first-order chi connectivity index (χ1) is 9.61. The van der Waals surface area contributed by atoms with Gasteiger partial charge in [0.2, 0.25) is 0 Å². The lowest BCUT2D eigenvalue weighted by atomic mass is 10.0. The first-order valence-corrected chi connectivity index (χ1v) is 6.72. The monoisotopic (exact) mass is 280 g/mol. The lowest BCUT2D eigenvalue weighted by Crippen LogP contribution is -2.18. The van der Waals surface area contributed by atoms with Crippen molar-refractivity contribution >= 4 is 0 Å². The average Bonchev–Trinajstić information content (AvgIpc) is 2.82. The van der Waals surface area contributed by atoms with Gasteiger partial charge in [-0.25, -0.2) is 13.8 Å². The van der Waals surface area contributed by atoms with Crippen LogP contribution in [0.5, 0.6) is 0 Å². The molecule has 2 aromatic rings. The topological polar surface area (TPSA) is 38.0 Å². The van der Waals surface area contributed by atoms with E-state index < -0.39 is 17.7 Å². The molecular weight excluding hydrogens is 262 g/mol. The van der Waals surface area contributed by atoms with Gasteiger partial charge in [-0.1, -0.05) is 13.0 Å². The summed E-state index contributed by atoms with van der Waals surface area (Å²) in [6.45, 7) is 2.87. The molecule has 0 aliphatic rings. The van der Waals surface area contributed by atoms with Gasteiger partial charge in [0.05, 0.1) is 6.10 Å². The predicted molar refractivity (Wildman–Crippen MR) is 72.3 cm³/mol. The van der Waals surface area contributed by atoms with Crippen LogP contribution in [0.15, 0.2) is 30.6 Å². The Morgan fingerprint density at radius 1 is 1.25 bits per heavy atom. The van der Waals surface area contributed by atoms with Crippen molar-refractivity contribution in [2.24, 2.45) is 0 Å². The Morgan fingerprint density at radius 2 is 1.95 bits per heavy atom. The minimum Gasteiger partial charge on any atom is -0.392 e. The Balaban J connectivity index is 2.05. The molecule has 1 N–H and O–H groups in total. The number of halogens is 2. The van der Waals surface area contributed by atoms with Crippen LogP contribution < -0.4 is 0 Å². The van der Waals surface area contributed by atoms with Crippen LogP contribution in [0.1, 0.15) is 24.7 Å². The van der Waals surface area contributed by atoms with E-state index in [1.165, 1.54) is 18.2 Å². The standard InChI is InChI=1S/C15H18F2N2O/c1-2-7-19-8-6-18-15(19)10-11(20)9-12-13(16)4-3-5-14(12)17/h3-6,8,11,20H,2,7,9-10H2,1H3. The Hall–Kier alpha value is -1.75. The summed E-state index contributed by atoms with van der Waals surface area (Å²) in [7, 11) is 0. The van der Waals surface area contributed by atoms with E-state index in [0.29, 0.717) is 0 Å². The summed E-state index contributed by atoms with van der Waals surface area (Å²) in [6, 6.07) is 3.71. The minimum atomic E-state index is -0.862. The Morgan fingerprint density at radius 3 is 2.60 bits per heavy atom. The van der Waals surface area contributed by atoms with Crippen LogP contribution in [-0.2, 0) is 19.4 Å². The maximum absolute atomic E-state index is 13.5. The summed E-state index contributed by atoms with van der Waals surface area (Å²) < 4.78 is 29.0. The van der Waals surface area contributed by atoms with E-state index in [0.717, 1.165) is 18.8 Å². The van der Waals surface area contributed by atoms with Gasteiger partial charge in [0.15, 0.2) is 0 Å². The van der Waals surface area contributed by atoms with Crippen LogP contribution in [0.4, 0.5) is 8.78 Å². The molecule has 0 bridgehead atoms. The molecule has 0 spiro atoms. The second-order valence-electron chi connectivity index (χ2n) is 4.80. The fourth-order valence-corrected chi connectivity index (χ4v) is 2.22. The first-order valence-electron chi connectivity index (χ1n) is 6.72. The highest BCUT2D eigenvalue weighted by molar-refractivity contribution is 5.20. The zero-order valence-corrected chi connectivity index (χ0v) is 11.4. The van der Waals surface area contributed by atoms with Crippen LogP contribution >= 0.6 is 0 Å². The third kappa shape index (κ3) is 3.42. The summed E-state index contributed by atoms with van der Waals surface area (Å²) in [5, 5.41) is 10.0. The number of benzene rings is 1. The molecule has 20 heavy (non-hydrogen) atoms. The van der Waals surface area contributed by atoms with E-state index in [1.807, 2.05) is 10.8 Å². The fourth-order valence-electron chi connectivity index (χ4n) is 2.22. The number of rotatable bonds is 6. The molecule has 0 fully saturated rings. The molecule has 0 saturated heterocycles. The second kappa shape index (κ2) is 6.61. The third-order valence-corrected chi connectivity index (χ3v) is 3.19. The maximum atomic E-state index is 13.5. The number of aliphatic hydroxyl groups is 1. The van der Waals surface area contributed by atoms with Crippen LogP contribution in [0.2, 0.25) is 0 Å². The van der Waals surface area contributed by atoms with Crippen LogP contribution in [-0.4, -0.2) is 20.8 Å². The number of aryl methyl sites for hydroxylation is 1. The normalized spacial score (nSPS) is 12.6. The number of aliphatic hydroxyl groups excluding tert-OH is 1. The maximum Gasteiger partial charge on any atom is 0.129 e. The van der Waals surface area contributed by atoms with Crippen molar-refractivity contribution in [2.45, 2.75) is 38.8 Å². The van der Waals surface area contributed by atoms with Crippen molar-refractivity contribution < 1.29 is 13.9 Å². The van der Waals surface area contributed by atoms with Gasteiger partial charge in [-0.3, -0.25) is 0 Å². The highest BCUT2D eigenvalue weighted by Crippen LogP contribution is 2.16. The summed E-state index contributed by atoms with van der Waals surface area (Å²) in [4.78, 5) is 4.18. The Bertz CT molecular complexity index is 549. The van der Waals surface area contributed by atoms with Crippen LogP contribution in [0.25, 0.3) is 0 Å². The molecule has 1 heterocycles. The number of hydrogen-bond acceptors (Lipinski definition) is 2. The van der Waals surface area contributed by atoms with Gasteiger partial charge in [-0.2, -0.15) is 0 Å². The van der Waals surface area contributed by atoms with E-state index in [1.54, 1.807) is 6.20 Å². The zero-order chi connectivity index (χ0) is 14.5. The first kappa shape index (κ1) is 14.7. The number of nitrogens with zero attached hydrogens (tertiary/aromatic N) is 2. The number of hydrogen-bond donors (Lipinski definition) is 1. The van der Waals surface area contributed by atoms with E-state index >= 15 is 0 Å². The molecule has 1 aromatic carbocycles. The summed E-state index contributed by atoms with van der Waals surface area (Å²) in [6.07, 6.45) is 3.83. The molecule has 2 rings (SSSR count). The third-order valence-electron chi connectivity index (χ3n) is 3.19. The SMILES string of the molecule is CCCn1ccnc1CC(O)Cc1c(F)cccc1F. The van der Waals surface area contributed by atoms with E-state index in [2.05, 4.69) is 11.9 Å². The van der Waals surface area contributed by atoms with Crippen LogP contribution in [0, 0.1) is 11.6 Å². The predicted octanol–water partition coefficient (Wildman–Crippen LogP) is 2.72. The molecule has 0 saturated carbocycles. The molecule has 0 aliphatic heterocycles. The van der Waals surface area contributed by atoms with Crippen molar-refractivity contribution in [1.82, 2.24) is 9.55 Å². The number of aromatic nitrogens is 2. The summed E-state index contributed by atoms with van der Waals surface area (Å²) in [5.41, 5.74) is -0.0754. The largest absolute Gasteiger partial charge is 0.392 e. The van der Waals surface area contributed by atoms with Gasteiger partial charge in [0.1, 0.15) is 17.5 Å². The highest BCUT2D eigenvalue weighted by Gasteiger charge is 2.16. The molecule has 108 valence electrons. The van der Waals surface area contributed by atoms with E-state index in [-0.39, 0.29) is 18.4 Å². The molecule has 0 radical (unpaired) electrons. The van der Waals surface area contributed by atoms with Gasteiger partial charge >= 0.3 is 0 Å². The van der Waals surface area contributed by atoms with E-state index in [9.17, 15) is 13.9 Å². The van der Waals surface area contributed by atoms with E-state index in [4.69, 9.17) is 0 Å². The smallest absolute Gasteiger partial charge is 0.129 e. The van der Waals surface area contributed by atoms with Crippen molar-refractivity contribution in [2.75, 3.05) is 0 Å². The summed E-state index contributed by atoms with van der Waals surface area (Å²) in [5.74, 6) is -0.516. The fraction of sp³-hybridized carbons (Fsp3) is 0.400. The van der Waals surface area contributed by atoms with Crippen molar-refractivity contribution in [3.63, 3.8) is 0 Å². The van der Waals surface area contributed by atoms with Gasteiger partial charge in [-0.15, -0.1) is 0 Å². The molecule has 0 aliphatic carbocycles. The molecule has 1 unspecified atom stereocenters. The highest BCUT2D eigenvalue weighted by atomic mass is 19.1. The molecule has 1 aromatic heterocycles. The Kier molecular flexibility index (Phi) is 4.84. The van der Waals surface area contributed by atoms with Crippen LogP contribution in [0.3, 0.4) is 0 Å². The zero-order valence-electron chi connectivity index (χ0n) is 11.4. The average molecular weight is 280 g/mol. The number of imidazole rings is 1. The van der Waals surface area contributed by atoms with Crippen molar-refractivity contribution in [3.8, 4) is 0 Å². The van der Waals surface area contributed by atoms with Crippen molar-refractivity contribution in [3.05, 3.63) is 53.6 Å². The van der Waals surface area contributed by atoms with Gasteiger partial charge in [0, 0.05) is 37.3 Å². The molecule has 1 atom stereocenters. The molecule has 5 heteroatoms. The lowest BCUT2D eigenvalue weighted by molar-refractivity contribution is 0.169. The van der Waals surface area contributed by atoms with Crippen molar-refractivity contribution in [1.29, 1.82) is 0 Å². The molecular formula is C15H18F2N2O.